The third-order valence-corrected chi connectivity index (χ3v) is 7.09. The van der Waals surface area contributed by atoms with Crippen LogP contribution in [0, 0.1) is 16.2 Å². The molecule has 1 N–H and O–H groups in total. The molecule has 0 spiro atoms. The van der Waals surface area contributed by atoms with Crippen molar-refractivity contribution in [1.82, 2.24) is 10.2 Å². The molecule has 0 aromatic heterocycles. The second-order valence-electron chi connectivity index (χ2n) is 8.81. The first kappa shape index (κ1) is 16.8. The van der Waals surface area contributed by atoms with E-state index in [9.17, 15) is 4.79 Å². The number of nitrogens with zero attached hydrogens (tertiary/aromatic N) is 1. The molecule has 1 aliphatic heterocycles. The van der Waals surface area contributed by atoms with Gasteiger partial charge in [-0.25, -0.2) is 0 Å². The van der Waals surface area contributed by atoms with Gasteiger partial charge in [0.05, 0.1) is 5.41 Å². The van der Waals surface area contributed by atoms with Gasteiger partial charge in [-0.2, -0.15) is 0 Å². The van der Waals surface area contributed by atoms with E-state index in [1.165, 1.54) is 6.42 Å². The van der Waals surface area contributed by atoms with E-state index >= 15 is 0 Å². The molecule has 22 heavy (non-hydrogen) atoms. The van der Waals surface area contributed by atoms with Crippen molar-refractivity contribution in [2.24, 2.45) is 16.2 Å². The van der Waals surface area contributed by atoms with Crippen molar-refractivity contribution in [3.63, 3.8) is 0 Å². The summed E-state index contributed by atoms with van der Waals surface area (Å²) in [5, 5.41) is 3.42. The predicted octanol–water partition coefficient (Wildman–Crippen LogP) is 3.87. The van der Waals surface area contributed by atoms with Crippen molar-refractivity contribution in [2.45, 2.75) is 63.8 Å². The molecule has 2 aliphatic carbocycles. The maximum absolute atomic E-state index is 12.4. The summed E-state index contributed by atoms with van der Waals surface area (Å²) in [4.78, 5) is 14.6. The Morgan fingerprint density at radius 1 is 1.18 bits per heavy atom. The minimum Gasteiger partial charge on any atom is -0.345 e. The van der Waals surface area contributed by atoms with E-state index in [0.29, 0.717) is 23.0 Å². The van der Waals surface area contributed by atoms with Gasteiger partial charge in [-0.05, 0) is 55.7 Å². The fourth-order valence-corrected chi connectivity index (χ4v) is 5.66. The molecule has 0 unspecified atom stereocenters. The van der Waals surface area contributed by atoms with Crippen molar-refractivity contribution >= 4 is 46.4 Å². The molecule has 2 bridgehead atoms. The number of likely N-dealkylation sites (tertiary alicyclic amines) is 1. The van der Waals surface area contributed by atoms with Crippen LogP contribution in [0.25, 0.3) is 0 Å². The molecular formula is C16H24Cl2N2OS. The third-order valence-electron chi connectivity index (χ3n) is 5.66. The summed E-state index contributed by atoms with van der Waals surface area (Å²) in [5.74, 6) is -0.159. The van der Waals surface area contributed by atoms with Crippen LogP contribution in [-0.2, 0) is 4.79 Å². The summed E-state index contributed by atoms with van der Waals surface area (Å²) in [6.45, 7) is 9.68. The van der Waals surface area contributed by atoms with Crippen molar-refractivity contribution in [1.29, 1.82) is 0 Å². The number of fused-ring (bicyclic) bond motifs is 2. The van der Waals surface area contributed by atoms with Gasteiger partial charge in [0, 0.05) is 12.6 Å². The highest BCUT2D eigenvalue weighted by atomic mass is 35.5. The first-order valence-corrected chi connectivity index (χ1v) is 9.04. The van der Waals surface area contributed by atoms with Gasteiger partial charge in [0.2, 0.25) is 5.91 Å². The second kappa shape index (κ2) is 4.73. The standard InChI is InChI=1S/C16H24Cl2N2OS/c1-13(2)5-10-6-14(3,7-13)9-20(10)12(22)19-11(21)15(4)8-16(15,17)18/h10H,5-9H2,1-4H3,(H,19,21,22)/t10-,14+,15+/m0/s1. The van der Waals surface area contributed by atoms with Gasteiger partial charge in [-0.15, -0.1) is 23.2 Å². The van der Waals surface area contributed by atoms with Crippen LogP contribution in [0.5, 0.6) is 0 Å². The van der Waals surface area contributed by atoms with Crippen LogP contribution in [0.1, 0.15) is 53.4 Å². The van der Waals surface area contributed by atoms with Crippen LogP contribution >= 0.6 is 35.4 Å². The first-order chi connectivity index (χ1) is 9.88. The van der Waals surface area contributed by atoms with Gasteiger partial charge in [-0.3, -0.25) is 4.79 Å². The molecule has 3 nitrogen and oxygen atoms in total. The topological polar surface area (TPSA) is 32.3 Å². The quantitative estimate of drug-likeness (QED) is 0.567. The fraction of sp³-hybridized carbons (Fsp3) is 0.875. The average Bonchev–Trinajstić information content (AvgIpc) is 2.71. The Bertz CT molecular complexity index is 550. The van der Waals surface area contributed by atoms with E-state index in [1.807, 2.05) is 0 Å². The van der Waals surface area contributed by atoms with Gasteiger partial charge in [0.25, 0.3) is 0 Å². The molecule has 1 heterocycles. The number of hydrogen-bond acceptors (Lipinski definition) is 2. The highest BCUT2D eigenvalue weighted by molar-refractivity contribution is 7.80. The summed E-state index contributed by atoms with van der Waals surface area (Å²) < 4.78 is -0.957. The molecule has 0 radical (unpaired) electrons. The van der Waals surface area contributed by atoms with E-state index < -0.39 is 9.75 Å². The van der Waals surface area contributed by atoms with E-state index in [0.717, 1.165) is 19.4 Å². The number of carbonyl (C=O) groups is 1. The maximum atomic E-state index is 12.4. The van der Waals surface area contributed by atoms with E-state index in [2.05, 4.69) is 31.0 Å². The van der Waals surface area contributed by atoms with Crippen LogP contribution in [0.3, 0.4) is 0 Å². The predicted molar refractivity (Wildman–Crippen MR) is 94.1 cm³/mol. The Hall–Kier alpha value is -0.0600. The molecule has 3 atom stereocenters. The van der Waals surface area contributed by atoms with E-state index in [1.54, 1.807) is 6.92 Å². The van der Waals surface area contributed by atoms with E-state index in [-0.39, 0.29) is 11.3 Å². The number of nitrogens with one attached hydrogen (secondary N) is 1. The summed E-state index contributed by atoms with van der Waals surface area (Å²) in [7, 11) is 0. The lowest BCUT2D eigenvalue weighted by molar-refractivity contribution is -0.124. The Kier molecular flexibility index (Phi) is 3.61. The fourth-order valence-electron chi connectivity index (χ4n) is 4.65. The lowest BCUT2D eigenvalue weighted by Crippen LogP contribution is -2.48. The molecule has 1 amide bonds. The maximum Gasteiger partial charge on any atom is 0.235 e. The van der Waals surface area contributed by atoms with Crippen molar-refractivity contribution in [2.75, 3.05) is 6.54 Å². The van der Waals surface area contributed by atoms with Gasteiger partial charge in [0.1, 0.15) is 4.33 Å². The third kappa shape index (κ3) is 2.65. The lowest BCUT2D eigenvalue weighted by Gasteiger charge is -2.39. The zero-order valence-corrected chi connectivity index (χ0v) is 16.0. The smallest absolute Gasteiger partial charge is 0.235 e. The molecular weight excluding hydrogens is 339 g/mol. The number of halogens is 2. The summed E-state index contributed by atoms with van der Waals surface area (Å²) in [5.41, 5.74) is -0.110. The monoisotopic (exact) mass is 362 g/mol. The number of thiocarbonyl (C=S) groups is 1. The molecule has 1 saturated heterocycles. The van der Waals surface area contributed by atoms with Crippen LogP contribution in [0.15, 0.2) is 0 Å². The lowest BCUT2D eigenvalue weighted by atomic mass is 9.65. The SMILES string of the molecule is CC1(C)C[C@H]2C[C@@](C)(CN2C(=S)NC(=O)[C@@]2(C)CC2(Cl)Cl)C1. The number of amides is 1. The molecule has 3 fully saturated rings. The Morgan fingerprint density at radius 3 is 2.32 bits per heavy atom. The van der Waals surface area contributed by atoms with Crippen molar-refractivity contribution < 1.29 is 4.79 Å². The molecule has 6 heteroatoms. The second-order valence-corrected chi connectivity index (χ2v) is 10.7. The largest absolute Gasteiger partial charge is 0.345 e. The molecule has 0 aromatic rings. The first-order valence-electron chi connectivity index (χ1n) is 7.88. The summed E-state index contributed by atoms with van der Waals surface area (Å²) >= 11 is 17.7. The Labute approximate surface area is 148 Å². The average molecular weight is 363 g/mol. The summed E-state index contributed by atoms with van der Waals surface area (Å²) in [6.07, 6.45) is 3.95. The molecule has 2 saturated carbocycles. The van der Waals surface area contributed by atoms with Gasteiger partial charge < -0.3 is 10.2 Å². The Morgan fingerprint density at radius 2 is 1.77 bits per heavy atom. The van der Waals surface area contributed by atoms with Crippen LogP contribution < -0.4 is 5.32 Å². The minimum atomic E-state index is -0.957. The van der Waals surface area contributed by atoms with Gasteiger partial charge in [-0.1, -0.05) is 20.8 Å². The van der Waals surface area contributed by atoms with E-state index in [4.69, 9.17) is 35.4 Å². The number of hydrogen-bond donors (Lipinski definition) is 1. The number of rotatable bonds is 1. The zero-order chi connectivity index (χ0) is 16.6. The highest BCUT2D eigenvalue weighted by Gasteiger charge is 2.68. The van der Waals surface area contributed by atoms with Crippen LogP contribution in [-0.4, -0.2) is 32.8 Å². The summed E-state index contributed by atoms with van der Waals surface area (Å²) in [6, 6.07) is 0.422. The van der Waals surface area contributed by atoms with Gasteiger partial charge in [0.15, 0.2) is 5.11 Å². The van der Waals surface area contributed by atoms with Crippen molar-refractivity contribution in [3.05, 3.63) is 0 Å². The Balaban J connectivity index is 1.68. The molecule has 124 valence electrons. The van der Waals surface area contributed by atoms with Crippen LogP contribution in [0.2, 0.25) is 0 Å². The normalized spacial score (nSPS) is 41.2. The molecule has 3 aliphatic rings. The zero-order valence-electron chi connectivity index (χ0n) is 13.6. The number of alkyl halides is 2. The minimum absolute atomic E-state index is 0.159. The van der Waals surface area contributed by atoms with Crippen LogP contribution in [0.4, 0.5) is 0 Å². The molecule has 3 rings (SSSR count). The molecule has 0 aromatic carbocycles. The highest BCUT2D eigenvalue weighted by Crippen LogP contribution is 2.63. The number of carbonyl (C=O) groups excluding carboxylic acids is 1. The van der Waals surface area contributed by atoms with Crippen molar-refractivity contribution in [3.8, 4) is 0 Å². The van der Waals surface area contributed by atoms with Gasteiger partial charge >= 0.3 is 0 Å².